The zero-order chi connectivity index (χ0) is 15.1. The van der Waals surface area contributed by atoms with Crippen LogP contribution < -0.4 is 5.73 Å². The fourth-order valence-electron chi connectivity index (χ4n) is 1.81. The van der Waals surface area contributed by atoms with Gasteiger partial charge in [-0.3, -0.25) is 9.78 Å². The van der Waals surface area contributed by atoms with Gasteiger partial charge < -0.3 is 10.5 Å². The Kier molecular flexibility index (Phi) is 5.17. The van der Waals surface area contributed by atoms with Crippen molar-refractivity contribution in [2.45, 2.75) is 19.1 Å². The van der Waals surface area contributed by atoms with E-state index in [4.69, 9.17) is 10.5 Å². The molecule has 2 rings (SSSR count). The third-order valence-corrected chi connectivity index (χ3v) is 2.96. The van der Waals surface area contributed by atoms with E-state index in [1.54, 1.807) is 24.5 Å². The molecule has 5 heteroatoms. The fourth-order valence-corrected chi connectivity index (χ4v) is 1.81. The van der Waals surface area contributed by atoms with E-state index in [1.165, 1.54) is 0 Å². The van der Waals surface area contributed by atoms with Gasteiger partial charge in [-0.1, -0.05) is 30.3 Å². The number of ether oxygens (including phenoxy) is 1. The maximum Gasteiger partial charge on any atom is 0.376 e. The standard InChI is InChI=1S/C16H16N2O3/c17-14(10-12-4-2-1-3-5-12)15(19)16(20)21-11-13-6-8-18-9-7-13/h1-9,14H,10-11,17H2. The van der Waals surface area contributed by atoms with Gasteiger partial charge in [0.1, 0.15) is 6.61 Å². The van der Waals surface area contributed by atoms with Crippen molar-refractivity contribution in [2.75, 3.05) is 0 Å². The number of nitrogens with zero attached hydrogens (tertiary/aromatic N) is 1. The second-order valence-electron chi connectivity index (χ2n) is 4.59. The van der Waals surface area contributed by atoms with Gasteiger partial charge in [-0.2, -0.15) is 0 Å². The molecule has 0 spiro atoms. The van der Waals surface area contributed by atoms with Crippen molar-refractivity contribution in [2.24, 2.45) is 5.73 Å². The lowest BCUT2D eigenvalue weighted by molar-refractivity contribution is -0.155. The minimum absolute atomic E-state index is 0.0329. The van der Waals surface area contributed by atoms with Gasteiger partial charge >= 0.3 is 5.97 Å². The summed E-state index contributed by atoms with van der Waals surface area (Å²) in [4.78, 5) is 27.4. The summed E-state index contributed by atoms with van der Waals surface area (Å²) < 4.78 is 4.95. The Morgan fingerprint density at radius 1 is 1.05 bits per heavy atom. The van der Waals surface area contributed by atoms with Crippen LogP contribution in [0.4, 0.5) is 0 Å². The predicted octanol–water partition coefficient (Wildman–Crippen LogP) is 1.26. The molecule has 0 bridgehead atoms. The van der Waals surface area contributed by atoms with E-state index in [-0.39, 0.29) is 6.61 Å². The molecule has 0 aliphatic carbocycles. The number of Topliss-reactive ketones (excluding diaryl/α,β-unsaturated/α-hetero) is 1. The highest BCUT2D eigenvalue weighted by Gasteiger charge is 2.23. The van der Waals surface area contributed by atoms with E-state index >= 15 is 0 Å². The van der Waals surface area contributed by atoms with Crippen molar-refractivity contribution in [3.8, 4) is 0 Å². The molecule has 5 nitrogen and oxygen atoms in total. The maximum atomic E-state index is 11.9. The van der Waals surface area contributed by atoms with Gasteiger partial charge in [0.15, 0.2) is 0 Å². The Balaban J connectivity index is 1.85. The Hall–Kier alpha value is -2.53. The van der Waals surface area contributed by atoms with Gasteiger partial charge in [0, 0.05) is 12.4 Å². The first-order chi connectivity index (χ1) is 10.2. The van der Waals surface area contributed by atoms with Gasteiger partial charge in [0.05, 0.1) is 6.04 Å². The molecule has 1 unspecified atom stereocenters. The number of aromatic nitrogens is 1. The minimum atomic E-state index is -0.907. The maximum absolute atomic E-state index is 11.9. The van der Waals surface area contributed by atoms with Crippen LogP contribution in [-0.2, 0) is 27.4 Å². The number of nitrogens with two attached hydrogens (primary N) is 1. The summed E-state index contributed by atoms with van der Waals surface area (Å²) in [5.74, 6) is -1.62. The SMILES string of the molecule is NC(Cc1ccccc1)C(=O)C(=O)OCc1ccncc1. The van der Waals surface area contributed by atoms with E-state index in [1.807, 2.05) is 30.3 Å². The molecule has 1 heterocycles. The molecule has 2 N–H and O–H groups in total. The van der Waals surface area contributed by atoms with Gasteiger partial charge in [-0.15, -0.1) is 0 Å². The Morgan fingerprint density at radius 3 is 2.38 bits per heavy atom. The fraction of sp³-hybridized carbons (Fsp3) is 0.188. The smallest absolute Gasteiger partial charge is 0.376 e. The van der Waals surface area contributed by atoms with Gasteiger partial charge in [-0.05, 0) is 29.7 Å². The molecule has 108 valence electrons. The molecule has 0 radical (unpaired) electrons. The third kappa shape index (κ3) is 4.50. The number of pyridine rings is 1. The number of benzene rings is 1. The van der Waals surface area contributed by atoms with Crippen molar-refractivity contribution < 1.29 is 14.3 Å². The van der Waals surface area contributed by atoms with Gasteiger partial charge in [0.2, 0.25) is 0 Å². The van der Waals surface area contributed by atoms with Crippen molar-refractivity contribution in [3.05, 3.63) is 66.0 Å². The highest BCUT2D eigenvalue weighted by molar-refractivity contribution is 6.35. The molecule has 0 aliphatic rings. The normalized spacial score (nSPS) is 11.7. The second kappa shape index (κ2) is 7.31. The molecular formula is C16H16N2O3. The van der Waals surface area contributed by atoms with Crippen molar-refractivity contribution in [3.63, 3.8) is 0 Å². The zero-order valence-electron chi connectivity index (χ0n) is 11.4. The van der Waals surface area contributed by atoms with E-state index in [0.717, 1.165) is 11.1 Å². The molecule has 1 aromatic heterocycles. The topological polar surface area (TPSA) is 82.3 Å². The summed E-state index contributed by atoms with van der Waals surface area (Å²) in [6.07, 6.45) is 3.49. The molecular weight excluding hydrogens is 268 g/mol. The number of carbonyl (C=O) groups is 2. The highest BCUT2D eigenvalue weighted by atomic mass is 16.5. The largest absolute Gasteiger partial charge is 0.455 e. The molecule has 0 saturated carbocycles. The van der Waals surface area contributed by atoms with Crippen molar-refractivity contribution in [1.29, 1.82) is 0 Å². The van der Waals surface area contributed by atoms with Crippen LogP contribution >= 0.6 is 0 Å². The predicted molar refractivity (Wildman–Crippen MR) is 77.2 cm³/mol. The molecule has 0 aliphatic heterocycles. The molecule has 0 fully saturated rings. The van der Waals surface area contributed by atoms with Crippen LogP contribution in [-0.4, -0.2) is 22.8 Å². The number of rotatable bonds is 6. The van der Waals surface area contributed by atoms with E-state index in [2.05, 4.69) is 4.98 Å². The van der Waals surface area contributed by atoms with Crippen LogP contribution in [0.2, 0.25) is 0 Å². The minimum Gasteiger partial charge on any atom is -0.455 e. The molecule has 1 atom stereocenters. The average Bonchev–Trinajstić information content (AvgIpc) is 2.53. The van der Waals surface area contributed by atoms with Crippen LogP contribution in [0.15, 0.2) is 54.9 Å². The number of hydrogen-bond acceptors (Lipinski definition) is 5. The van der Waals surface area contributed by atoms with E-state index in [0.29, 0.717) is 6.42 Å². The van der Waals surface area contributed by atoms with Crippen LogP contribution in [0.1, 0.15) is 11.1 Å². The average molecular weight is 284 g/mol. The van der Waals surface area contributed by atoms with Gasteiger partial charge in [0.25, 0.3) is 5.78 Å². The first kappa shape index (κ1) is 14.9. The lowest BCUT2D eigenvalue weighted by atomic mass is 10.0. The summed E-state index contributed by atoms with van der Waals surface area (Å²) in [5, 5.41) is 0. The Labute approximate surface area is 122 Å². The Bertz CT molecular complexity index is 599. The second-order valence-corrected chi connectivity index (χ2v) is 4.59. The summed E-state index contributed by atoms with van der Waals surface area (Å²) in [6.45, 7) is 0.0329. The van der Waals surface area contributed by atoms with Crippen LogP contribution in [0.5, 0.6) is 0 Å². The Morgan fingerprint density at radius 2 is 1.71 bits per heavy atom. The molecule has 21 heavy (non-hydrogen) atoms. The number of ketones is 1. The first-order valence-corrected chi connectivity index (χ1v) is 6.56. The van der Waals surface area contributed by atoms with Crippen LogP contribution in [0.3, 0.4) is 0 Å². The van der Waals surface area contributed by atoms with Crippen LogP contribution in [0.25, 0.3) is 0 Å². The van der Waals surface area contributed by atoms with Crippen molar-refractivity contribution in [1.82, 2.24) is 4.98 Å². The van der Waals surface area contributed by atoms with Crippen LogP contribution in [0, 0.1) is 0 Å². The summed E-state index contributed by atoms with van der Waals surface area (Å²) in [5.41, 5.74) is 7.43. The summed E-state index contributed by atoms with van der Waals surface area (Å²) in [7, 11) is 0. The van der Waals surface area contributed by atoms with E-state index < -0.39 is 17.8 Å². The number of esters is 1. The highest BCUT2D eigenvalue weighted by Crippen LogP contribution is 2.04. The monoisotopic (exact) mass is 284 g/mol. The molecule has 1 aromatic carbocycles. The quantitative estimate of drug-likeness (QED) is 0.638. The lowest BCUT2D eigenvalue weighted by Crippen LogP contribution is -2.38. The lowest BCUT2D eigenvalue weighted by Gasteiger charge is -2.10. The summed E-state index contributed by atoms with van der Waals surface area (Å²) >= 11 is 0. The molecule has 2 aromatic rings. The third-order valence-electron chi connectivity index (χ3n) is 2.96. The zero-order valence-corrected chi connectivity index (χ0v) is 11.4. The number of hydrogen-bond donors (Lipinski definition) is 1. The van der Waals surface area contributed by atoms with Gasteiger partial charge in [-0.25, -0.2) is 4.79 Å². The first-order valence-electron chi connectivity index (χ1n) is 6.56. The summed E-state index contributed by atoms with van der Waals surface area (Å²) in [6, 6.07) is 11.8. The van der Waals surface area contributed by atoms with Crippen molar-refractivity contribution >= 4 is 11.8 Å². The number of carbonyl (C=O) groups excluding carboxylic acids is 2. The molecule has 0 amide bonds. The van der Waals surface area contributed by atoms with E-state index in [9.17, 15) is 9.59 Å². The molecule has 0 saturated heterocycles.